The number of carbonyl (C=O) groups is 1. The highest BCUT2D eigenvalue weighted by Gasteiger charge is 2.27. The van der Waals surface area contributed by atoms with E-state index < -0.39 is 6.10 Å². The Labute approximate surface area is 141 Å². The summed E-state index contributed by atoms with van der Waals surface area (Å²) in [4.78, 5) is 16.5. The lowest BCUT2D eigenvalue weighted by molar-refractivity contribution is -0.0243. The molecule has 24 heavy (non-hydrogen) atoms. The summed E-state index contributed by atoms with van der Waals surface area (Å²) in [5.74, 6) is -0.352. The fourth-order valence-electron chi connectivity index (χ4n) is 2.86. The third-order valence-electron chi connectivity index (χ3n) is 4.22. The molecule has 1 amide bonds. The summed E-state index contributed by atoms with van der Waals surface area (Å²) in [5.41, 5.74) is 2.10. The van der Waals surface area contributed by atoms with Crippen LogP contribution in [-0.2, 0) is 4.74 Å². The molecule has 0 spiro atoms. The minimum absolute atomic E-state index is 0.0525. The second-order valence-electron chi connectivity index (χ2n) is 6.08. The van der Waals surface area contributed by atoms with Crippen molar-refractivity contribution in [1.82, 2.24) is 4.90 Å². The minimum atomic E-state index is -0.430. The van der Waals surface area contributed by atoms with E-state index in [1.807, 2.05) is 43.3 Å². The lowest BCUT2D eigenvalue weighted by Gasteiger charge is -2.33. The highest BCUT2D eigenvalue weighted by molar-refractivity contribution is 5.95. The standard InChI is InChI=1S/C19H21FN2O2/c1-21(2)15-7-5-6-14(12-15)19(23)22-10-11-24-18(13-22)16-8-3-4-9-17(16)20/h3-9,12,18H,10-11,13H2,1-2H3. The number of carbonyl (C=O) groups excluding carboxylic acids is 1. The maximum atomic E-state index is 14.0. The maximum Gasteiger partial charge on any atom is 0.254 e. The van der Waals surface area contributed by atoms with E-state index in [1.54, 1.807) is 23.1 Å². The molecule has 3 rings (SSSR count). The van der Waals surface area contributed by atoms with Crippen molar-refractivity contribution in [1.29, 1.82) is 0 Å². The third-order valence-corrected chi connectivity index (χ3v) is 4.22. The predicted molar refractivity (Wildman–Crippen MR) is 91.8 cm³/mol. The molecule has 0 saturated carbocycles. The van der Waals surface area contributed by atoms with Crippen molar-refractivity contribution in [3.63, 3.8) is 0 Å². The zero-order valence-electron chi connectivity index (χ0n) is 13.9. The first-order valence-electron chi connectivity index (χ1n) is 7.99. The molecule has 126 valence electrons. The average molecular weight is 328 g/mol. The normalized spacial score (nSPS) is 17.6. The van der Waals surface area contributed by atoms with E-state index in [-0.39, 0.29) is 11.7 Å². The smallest absolute Gasteiger partial charge is 0.254 e. The van der Waals surface area contributed by atoms with Crippen LogP contribution in [0.15, 0.2) is 48.5 Å². The molecular formula is C19H21FN2O2. The number of amides is 1. The van der Waals surface area contributed by atoms with Gasteiger partial charge in [-0.05, 0) is 24.3 Å². The SMILES string of the molecule is CN(C)c1cccc(C(=O)N2CCOC(c3ccccc3F)C2)c1. The minimum Gasteiger partial charge on any atom is -0.378 e. The summed E-state index contributed by atoms with van der Waals surface area (Å²) >= 11 is 0. The highest BCUT2D eigenvalue weighted by Crippen LogP contribution is 2.26. The van der Waals surface area contributed by atoms with Crippen LogP contribution >= 0.6 is 0 Å². The van der Waals surface area contributed by atoms with Gasteiger partial charge in [-0.15, -0.1) is 0 Å². The lowest BCUT2D eigenvalue weighted by Crippen LogP contribution is -2.42. The molecule has 4 nitrogen and oxygen atoms in total. The molecule has 2 aromatic carbocycles. The van der Waals surface area contributed by atoms with Crippen LogP contribution in [0.5, 0.6) is 0 Å². The van der Waals surface area contributed by atoms with E-state index in [9.17, 15) is 9.18 Å². The molecule has 1 aliphatic heterocycles. The second kappa shape index (κ2) is 7.01. The van der Waals surface area contributed by atoms with Crippen molar-refractivity contribution in [2.45, 2.75) is 6.10 Å². The fourth-order valence-corrected chi connectivity index (χ4v) is 2.86. The molecule has 1 heterocycles. The van der Waals surface area contributed by atoms with Crippen LogP contribution in [-0.4, -0.2) is 44.6 Å². The Morgan fingerprint density at radius 3 is 2.75 bits per heavy atom. The molecule has 2 aromatic rings. The molecule has 0 aliphatic carbocycles. The number of hydrogen-bond donors (Lipinski definition) is 0. The van der Waals surface area contributed by atoms with Gasteiger partial charge < -0.3 is 14.5 Å². The van der Waals surface area contributed by atoms with Crippen molar-refractivity contribution in [2.24, 2.45) is 0 Å². The molecule has 1 atom stereocenters. The Hall–Kier alpha value is -2.40. The van der Waals surface area contributed by atoms with E-state index in [2.05, 4.69) is 0 Å². The quantitative estimate of drug-likeness (QED) is 0.868. The summed E-state index contributed by atoms with van der Waals surface area (Å²) in [6.45, 7) is 1.26. The molecule has 1 aliphatic rings. The van der Waals surface area contributed by atoms with E-state index in [0.717, 1.165) is 5.69 Å². The van der Waals surface area contributed by atoms with Crippen molar-refractivity contribution in [2.75, 3.05) is 38.7 Å². The number of benzene rings is 2. The maximum absolute atomic E-state index is 14.0. The number of hydrogen-bond acceptors (Lipinski definition) is 3. The van der Waals surface area contributed by atoms with Crippen LogP contribution in [0.25, 0.3) is 0 Å². The Kier molecular flexibility index (Phi) is 4.81. The Morgan fingerprint density at radius 1 is 1.21 bits per heavy atom. The van der Waals surface area contributed by atoms with Crippen molar-refractivity contribution >= 4 is 11.6 Å². The predicted octanol–water partition coefficient (Wildman–Crippen LogP) is 3.11. The zero-order valence-corrected chi connectivity index (χ0v) is 13.9. The number of halogens is 1. The van der Waals surface area contributed by atoms with Gasteiger partial charge in [0.1, 0.15) is 11.9 Å². The van der Waals surface area contributed by atoms with Crippen molar-refractivity contribution in [3.05, 3.63) is 65.5 Å². The topological polar surface area (TPSA) is 32.8 Å². The number of morpholine rings is 1. The van der Waals surface area contributed by atoms with Crippen LogP contribution in [0.3, 0.4) is 0 Å². The molecule has 1 saturated heterocycles. The number of ether oxygens (including phenoxy) is 1. The van der Waals surface area contributed by atoms with E-state index in [1.165, 1.54) is 6.07 Å². The van der Waals surface area contributed by atoms with E-state index >= 15 is 0 Å². The van der Waals surface area contributed by atoms with Gasteiger partial charge in [-0.3, -0.25) is 4.79 Å². The molecule has 0 bridgehead atoms. The highest BCUT2D eigenvalue weighted by atomic mass is 19.1. The molecular weight excluding hydrogens is 307 g/mol. The molecule has 0 radical (unpaired) electrons. The lowest BCUT2D eigenvalue weighted by atomic mass is 10.1. The second-order valence-corrected chi connectivity index (χ2v) is 6.08. The number of rotatable bonds is 3. The first-order valence-corrected chi connectivity index (χ1v) is 7.99. The monoisotopic (exact) mass is 328 g/mol. The molecule has 1 unspecified atom stereocenters. The van der Waals surface area contributed by atoms with Gasteiger partial charge >= 0.3 is 0 Å². The summed E-state index contributed by atoms with van der Waals surface area (Å²) in [5, 5.41) is 0. The van der Waals surface area contributed by atoms with Gasteiger partial charge in [0.25, 0.3) is 5.91 Å². The van der Waals surface area contributed by atoms with Crippen molar-refractivity contribution < 1.29 is 13.9 Å². The molecule has 0 aromatic heterocycles. The zero-order chi connectivity index (χ0) is 17.1. The van der Waals surface area contributed by atoms with Crippen LogP contribution in [0.4, 0.5) is 10.1 Å². The van der Waals surface area contributed by atoms with Gasteiger partial charge in [0.05, 0.1) is 13.2 Å². The molecule has 5 heteroatoms. The summed E-state index contributed by atoms with van der Waals surface area (Å²) in [7, 11) is 3.87. The average Bonchev–Trinajstić information content (AvgIpc) is 2.61. The fraction of sp³-hybridized carbons (Fsp3) is 0.316. The molecule has 1 fully saturated rings. The summed E-state index contributed by atoms with van der Waals surface area (Å²) in [6.07, 6.45) is -0.430. The van der Waals surface area contributed by atoms with Gasteiger partial charge in [-0.1, -0.05) is 24.3 Å². The summed E-state index contributed by atoms with van der Waals surface area (Å²) in [6, 6.07) is 14.1. The van der Waals surface area contributed by atoms with Crippen molar-refractivity contribution in [3.8, 4) is 0 Å². The van der Waals surface area contributed by atoms with E-state index in [4.69, 9.17) is 4.74 Å². The van der Waals surface area contributed by atoms with Gasteiger partial charge in [0, 0.05) is 37.5 Å². The first kappa shape index (κ1) is 16.5. The van der Waals surface area contributed by atoms with Crippen LogP contribution in [0.2, 0.25) is 0 Å². The van der Waals surface area contributed by atoms with Crippen LogP contribution in [0, 0.1) is 5.82 Å². The Balaban J connectivity index is 1.78. The van der Waals surface area contributed by atoms with Gasteiger partial charge in [0.15, 0.2) is 0 Å². The first-order chi connectivity index (χ1) is 11.6. The largest absolute Gasteiger partial charge is 0.378 e. The van der Waals surface area contributed by atoms with Gasteiger partial charge in [-0.2, -0.15) is 0 Å². The Morgan fingerprint density at radius 2 is 2.00 bits per heavy atom. The number of anilines is 1. The Bertz CT molecular complexity index is 733. The van der Waals surface area contributed by atoms with Crippen LogP contribution < -0.4 is 4.90 Å². The van der Waals surface area contributed by atoms with E-state index in [0.29, 0.717) is 30.8 Å². The molecule has 0 N–H and O–H groups in total. The van der Waals surface area contributed by atoms with Gasteiger partial charge in [-0.25, -0.2) is 4.39 Å². The van der Waals surface area contributed by atoms with Gasteiger partial charge in [0.2, 0.25) is 0 Å². The summed E-state index contributed by atoms with van der Waals surface area (Å²) < 4.78 is 19.7. The van der Waals surface area contributed by atoms with Crippen LogP contribution in [0.1, 0.15) is 22.0 Å². The third kappa shape index (κ3) is 3.41. The number of nitrogens with zero attached hydrogens (tertiary/aromatic N) is 2.